The van der Waals surface area contributed by atoms with Crippen molar-refractivity contribution in [3.05, 3.63) is 27.8 Å². The standard InChI is InChI=1S/C18H30N2O4S2/c1-7-25(21,22)20-10-8-17(9-11-20)19-26(23,24)18-15(5)13(3)12(2)14(4)16(18)6/h17,19H,7-11H2,1-6H3. The van der Waals surface area contributed by atoms with Crippen molar-refractivity contribution >= 4 is 20.0 Å². The van der Waals surface area contributed by atoms with Crippen molar-refractivity contribution in [3.8, 4) is 0 Å². The first-order chi connectivity index (χ1) is 11.9. The summed E-state index contributed by atoms with van der Waals surface area (Å²) in [4.78, 5) is 0.363. The van der Waals surface area contributed by atoms with Crippen LogP contribution in [0.25, 0.3) is 0 Å². The van der Waals surface area contributed by atoms with Gasteiger partial charge >= 0.3 is 0 Å². The minimum Gasteiger partial charge on any atom is -0.212 e. The van der Waals surface area contributed by atoms with Gasteiger partial charge in [-0.1, -0.05) is 0 Å². The normalized spacial score (nSPS) is 17.6. The van der Waals surface area contributed by atoms with Gasteiger partial charge < -0.3 is 0 Å². The molecule has 1 saturated heterocycles. The highest BCUT2D eigenvalue weighted by Gasteiger charge is 2.31. The van der Waals surface area contributed by atoms with Crippen LogP contribution >= 0.6 is 0 Å². The fourth-order valence-corrected chi connectivity index (χ4v) is 6.62. The molecule has 0 radical (unpaired) electrons. The number of sulfonamides is 2. The van der Waals surface area contributed by atoms with Gasteiger partial charge in [0.1, 0.15) is 0 Å². The van der Waals surface area contributed by atoms with Crippen LogP contribution in [0, 0.1) is 34.6 Å². The minimum absolute atomic E-state index is 0.0731. The molecule has 1 N–H and O–H groups in total. The van der Waals surface area contributed by atoms with Crippen LogP contribution in [-0.2, 0) is 20.0 Å². The van der Waals surface area contributed by atoms with Crippen molar-refractivity contribution in [2.24, 2.45) is 0 Å². The summed E-state index contributed by atoms with van der Waals surface area (Å²) in [5.74, 6) is 0.0731. The quantitative estimate of drug-likeness (QED) is 0.819. The van der Waals surface area contributed by atoms with E-state index >= 15 is 0 Å². The van der Waals surface area contributed by atoms with Gasteiger partial charge in [0.15, 0.2) is 0 Å². The first kappa shape index (κ1) is 21.3. The van der Waals surface area contributed by atoms with Gasteiger partial charge in [0.2, 0.25) is 20.0 Å². The van der Waals surface area contributed by atoms with Crippen LogP contribution in [0.1, 0.15) is 47.6 Å². The summed E-state index contributed by atoms with van der Waals surface area (Å²) < 4.78 is 54.3. The Balaban J connectivity index is 2.24. The van der Waals surface area contributed by atoms with E-state index in [1.807, 2.05) is 34.6 Å². The zero-order chi connectivity index (χ0) is 19.9. The van der Waals surface area contributed by atoms with Crippen molar-refractivity contribution < 1.29 is 16.8 Å². The topological polar surface area (TPSA) is 83.6 Å². The first-order valence-corrected chi connectivity index (χ1v) is 12.1. The molecule has 0 bridgehead atoms. The monoisotopic (exact) mass is 402 g/mol. The molecule has 1 aromatic rings. The summed E-state index contributed by atoms with van der Waals surface area (Å²) in [6.07, 6.45) is 0.973. The van der Waals surface area contributed by atoms with Crippen molar-refractivity contribution in [1.29, 1.82) is 0 Å². The van der Waals surface area contributed by atoms with Gasteiger partial charge in [0.05, 0.1) is 10.6 Å². The molecule has 0 saturated carbocycles. The van der Waals surface area contributed by atoms with Crippen molar-refractivity contribution in [2.75, 3.05) is 18.8 Å². The SMILES string of the molecule is CCS(=O)(=O)N1CCC(NS(=O)(=O)c2c(C)c(C)c(C)c(C)c2C)CC1. The molecule has 1 fully saturated rings. The Bertz CT molecular complexity index is 869. The smallest absolute Gasteiger partial charge is 0.212 e. The average molecular weight is 403 g/mol. The Morgan fingerprint density at radius 1 is 0.846 bits per heavy atom. The maximum atomic E-state index is 13.0. The molecule has 1 aliphatic heterocycles. The maximum Gasteiger partial charge on any atom is 0.241 e. The number of benzene rings is 1. The van der Waals surface area contributed by atoms with E-state index in [0.717, 1.165) is 27.8 Å². The Kier molecular flexibility index (Phi) is 6.22. The summed E-state index contributed by atoms with van der Waals surface area (Å²) in [6.45, 7) is 11.9. The molecule has 0 unspecified atom stereocenters. The molecule has 6 nitrogen and oxygen atoms in total. The Morgan fingerprint density at radius 2 is 1.27 bits per heavy atom. The summed E-state index contributed by atoms with van der Waals surface area (Å²) in [7, 11) is -6.87. The number of hydrogen-bond acceptors (Lipinski definition) is 4. The predicted molar refractivity (Wildman–Crippen MR) is 105 cm³/mol. The lowest BCUT2D eigenvalue weighted by Gasteiger charge is -2.31. The number of nitrogens with zero attached hydrogens (tertiary/aromatic N) is 1. The van der Waals surface area contributed by atoms with Crippen LogP contribution in [0.3, 0.4) is 0 Å². The highest BCUT2D eigenvalue weighted by molar-refractivity contribution is 7.89. The summed E-state index contributed by atoms with van der Waals surface area (Å²) in [5.41, 5.74) is 4.68. The van der Waals surface area contributed by atoms with Crippen LogP contribution in [0.2, 0.25) is 0 Å². The summed E-state index contributed by atoms with van der Waals surface area (Å²) in [6, 6.07) is -0.246. The fraction of sp³-hybridized carbons (Fsp3) is 0.667. The van der Waals surface area contributed by atoms with E-state index in [4.69, 9.17) is 0 Å². The highest BCUT2D eigenvalue weighted by Crippen LogP contribution is 2.30. The maximum absolute atomic E-state index is 13.0. The molecule has 1 aliphatic rings. The van der Waals surface area contributed by atoms with Crippen LogP contribution in [-0.4, -0.2) is 46.0 Å². The van der Waals surface area contributed by atoms with Crippen LogP contribution in [0.15, 0.2) is 4.90 Å². The molecule has 0 aliphatic carbocycles. The van der Waals surface area contributed by atoms with E-state index in [0.29, 0.717) is 30.8 Å². The van der Waals surface area contributed by atoms with Gasteiger partial charge in [0.25, 0.3) is 0 Å². The molecule has 148 valence electrons. The molecular formula is C18H30N2O4S2. The van der Waals surface area contributed by atoms with Crippen molar-refractivity contribution in [2.45, 2.75) is 65.3 Å². The summed E-state index contributed by atoms with van der Waals surface area (Å²) >= 11 is 0. The van der Waals surface area contributed by atoms with Gasteiger partial charge in [-0.05, 0) is 82.2 Å². The van der Waals surface area contributed by atoms with Gasteiger partial charge in [0, 0.05) is 19.1 Å². The second-order valence-corrected chi connectivity index (χ2v) is 11.1. The van der Waals surface area contributed by atoms with Crippen molar-refractivity contribution in [3.63, 3.8) is 0 Å². The van der Waals surface area contributed by atoms with Gasteiger partial charge in [-0.15, -0.1) is 0 Å². The number of piperidine rings is 1. The fourth-order valence-electron chi connectivity index (χ4n) is 3.58. The predicted octanol–water partition coefficient (Wildman–Crippen LogP) is 2.32. The zero-order valence-corrected chi connectivity index (χ0v) is 18.1. The Labute approximate surface area is 158 Å². The van der Waals surface area contributed by atoms with Gasteiger partial charge in [-0.3, -0.25) is 0 Å². The molecule has 0 amide bonds. The number of hydrogen-bond donors (Lipinski definition) is 1. The zero-order valence-electron chi connectivity index (χ0n) is 16.5. The second kappa shape index (κ2) is 7.58. The molecule has 0 aromatic heterocycles. The summed E-state index contributed by atoms with van der Waals surface area (Å²) in [5, 5.41) is 0. The minimum atomic E-state index is -3.66. The average Bonchev–Trinajstić information content (AvgIpc) is 2.58. The van der Waals surface area contributed by atoms with E-state index in [1.165, 1.54) is 4.31 Å². The van der Waals surface area contributed by atoms with Crippen LogP contribution in [0.5, 0.6) is 0 Å². The Morgan fingerprint density at radius 3 is 1.69 bits per heavy atom. The first-order valence-electron chi connectivity index (χ1n) is 8.99. The van der Waals surface area contributed by atoms with Crippen molar-refractivity contribution in [1.82, 2.24) is 9.03 Å². The van der Waals surface area contributed by atoms with Crippen LogP contribution < -0.4 is 4.72 Å². The molecule has 1 aromatic carbocycles. The third kappa shape index (κ3) is 3.98. The number of nitrogens with one attached hydrogen (secondary N) is 1. The van der Waals surface area contributed by atoms with E-state index in [2.05, 4.69) is 4.72 Å². The van der Waals surface area contributed by atoms with E-state index < -0.39 is 20.0 Å². The third-order valence-corrected chi connectivity index (χ3v) is 9.41. The molecular weight excluding hydrogens is 372 g/mol. The third-order valence-electron chi connectivity index (χ3n) is 5.73. The van der Waals surface area contributed by atoms with E-state index in [9.17, 15) is 16.8 Å². The van der Waals surface area contributed by atoms with Gasteiger partial charge in [-0.2, -0.15) is 0 Å². The lowest BCUT2D eigenvalue weighted by Crippen LogP contribution is -2.47. The second-order valence-electron chi connectivity index (χ2n) is 7.15. The molecule has 0 atom stereocenters. The molecule has 1 heterocycles. The number of rotatable bonds is 5. The lowest BCUT2D eigenvalue weighted by atomic mass is 9.95. The van der Waals surface area contributed by atoms with E-state index in [-0.39, 0.29) is 11.8 Å². The van der Waals surface area contributed by atoms with Crippen LogP contribution in [0.4, 0.5) is 0 Å². The highest BCUT2D eigenvalue weighted by atomic mass is 32.2. The Hall–Kier alpha value is -0.960. The molecule has 8 heteroatoms. The molecule has 2 rings (SSSR count). The molecule has 26 heavy (non-hydrogen) atoms. The largest absolute Gasteiger partial charge is 0.241 e. The lowest BCUT2D eigenvalue weighted by molar-refractivity contribution is 0.309. The van der Waals surface area contributed by atoms with Gasteiger partial charge in [-0.25, -0.2) is 25.9 Å². The van der Waals surface area contributed by atoms with E-state index in [1.54, 1.807) is 6.92 Å². The molecule has 0 spiro atoms.